The highest BCUT2D eigenvalue weighted by molar-refractivity contribution is 5.54. The molecule has 7 nitrogen and oxygen atoms in total. The van der Waals surface area contributed by atoms with Gasteiger partial charge in [-0.05, 0) is 23.4 Å². The van der Waals surface area contributed by atoms with Gasteiger partial charge in [0.25, 0.3) is 5.56 Å². The lowest BCUT2D eigenvalue weighted by molar-refractivity contribution is 0.622. The Labute approximate surface area is 105 Å². The number of aromatic amines is 1. The van der Waals surface area contributed by atoms with Gasteiger partial charge in [0.05, 0.1) is 11.9 Å². The maximum absolute atomic E-state index is 13.8. The standard InChI is InChI=1S/C11H7FN6O/c12-8-3-5-18(7-2-1-4-13-6-7)11(19)9(8)10-14-16-17-15-10/h1-6H,(H,14,15,16,17). The average Bonchev–Trinajstić information content (AvgIpc) is 2.94. The molecule has 0 aliphatic rings. The molecule has 0 saturated heterocycles. The molecule has 0 aliphatic heterocycles. The Bertz CT molecular complexity index is 753. The zero-order chi connectivity index (χ0) is 13.2. The van der Waals surface area contributed by atoms with Crippen LogP contribution in [0, 0.1) is 5.82 Å². The van der Waals surface area contributed by atoms with Crippen molar-refractivity contribution in [3.8, 4) is 17.1 Å². The van der Waals surface area contributed by atoms with E-state index in [2.05, 4.69) is 25.6 Å². The van der Waals surface area contributed by atoms with E-state index >= 15 is 0 Å². The number of pyridine rings is 2. The fourth-order valence-corrected chi connectivity index (χ4v) is 1.68. The van der Waals surface area contributed by atoms with Gasteiger partial charge in [0.1, 0.15) is 11.4 Å². The van der Waals surface area contributed by atoms with Crippen LogP contribution in [0.2, 0.25) is 0 Å². The molecule has 3 aromatic heterocycles. The van der Waals surface area contributed by atoms with E-state index in [1.54, 1.807) is 18.3 Å². The van der Waals surface area contributed by atoms with Crippen molar-refractivity contribution in [2.75, 3.05) is 0 Å². The van der Waals surface area contributed by atoms with Crippen LogP contribution in [-0.4, -0.2) is 30.2 Å². The number of H-pyrrole nitrogens is 1. The average molecular weight is 258 g/mol. The van der Waals surface area contributed by atoms with Crippen molar-refractivity contribution in [2.24, 2.45) is 0 Å². The fraction of sp³-hybridized carbons (Fsp3) is 0. The first-order valence-corrected chi connectivity index (χ1v) is 5.33. The van der Waals surface area contributed by atoms with E-state index in [0.29, 0.717) is 5.69 Å². The third kappa shape index (κ3) is 1.88. The summed E-state index contributed by atoms with van der Waals surface area (Å²) in [7, 11) is 0. The van der Waals surface area contributed by atoms with Gasteiger partial charge in [0.15, 0.2) is 0 Å². The SMILES string of the molecule is O=c1c(-c2nn[nH]n2)c(F)ccn1-c1cccnc1. The minimum Gasteiger partial charge on any atom is -0.282 e. The van der Waals surface area contributed by atoms with Gasteiger partial charge in [-0.3, -0.25) is 14.3 Å². The Hall–Kier alpha value is -2.90. The molecule has 3 rings (SSSR count). The first-order chi connectivity index (χ1) is 9.27. The maximum Gasteiger partial charge on any atom is 0.269 e. The summed E-state index contributed by atoms with van der Waals surface area (Å²) in [6.45, 7) is 0. The van der Waals surface area contributed by atoms with Crippen LogP contribution in [0.1, 0.15) is 0 Å². The molecule has 3 heterocycles. The summed E-state index contributed by atoms with van der Waals surface area (Å²) in [6, 6.07) is 4.53. The predicted molar refractivity (Wildman–Crippen MR) is 63.0 cm³/mol. The molecular formula is C11H7FN6O. The molecule has 0 fully saturated rings. The highest BCUT2D eigenvalue weighted by Gasteiger charge is 2.16. The fourth-order valence-electron chi connectivity index (χ4n) is 1.68. The number of nitrogens with one attached hydrogen (secondary N) is 1. The summed E-state index contributed by atoms with van der Waals surface area (Å²) in [5, 5.41) is 12.8. The Morgan fingerprint density at radius 3 is 2.89 bits per heavy atom. The highest BCUT2D eigenvalue weighted by Crippen LogP contribution is 2.14. The number of halogens is 1. The molecule has 94 valence electrons. The van der Waals surface area contributed by atoms with E-state index in [9.17, 15) is 9.18 Å². The van der Waals surface area contributed by atoms with E-state index in [0.717, 1.165) is 0 Å². The minimum absolute atomic E-state index is 0.0826. The van der Waals surface area contributed by atoms with Gasteiger partial charge < -0.3 is 0 Å². The first-order valence-electron chi connectivity index (χ1n) is 5.33. The molecule has 0 bridgehead atoms. The molecule has 8 heteroatoms. The topological polar surface area (TPSA) is 89.4 Å². The molecule has 3 aromatic rings. The van der Waals surface area contributed by atoms with Crippen molar-refractivity contribution in [1.29, 1.82) is 0 Å². The van der Waals surface area contributed by atoms with Crippen molar-refractivity contribution in [3.63, 3.8) is 0 Å². The van der Waals surface area contributed by atoms with E-state index in [-0.39, 0.29) is 11.4 Å². The third-order valence-corrected chi connectivity index (χ3v) is 2.53. The molecule has 0 amide bonds. The summed E-state index contributed by atoms with van der Waals surface area (Å²) in [4.78, 5) is 16.2. The summed E-state index contributed by atoms with van der Waals surface area (Å²) in [5.41, 5.74) is -0.285. The number of nitrogens with zero attached hydrogens (tertiary/aromatic N) is 5. The minimum atomic E-state index is -0.702. The van der Waals surface area contributed by atoms with Crippen LogP contribution in [0.15, 0.2) is 41.6 Å². The number of tetrazole rings is 1. The Morgan fingerprint density at radius 2 is 2.21 bits per heavy atom. The van der Waals surface area contributed by atoms with Crippen molar-refractivity contribution >= 4 is 0 Å². The van der Waals surface area contributed by atoms with Gasteiger partial charge >= 0.3 is 0 Å². The monoisotopic (exact) mass is 258 g/mol. The number of aromatic nitrogens is 6. The smallest absolute Gasteiger partial charge is 0.269 e. The molecular weight excluding hydrogens is 251 g/mol. The van der Waals surface area contributed by atoms with E-state index < -0.39 is 11.4 Å². The molecule has 0 unspecified atom stereocenters. The number of hydrogen-bond donors (Lipinski definition) is 1. The lowest BCUT2D eigenvalue weighted by Gasteiger charge is -2.06. The van der Waals surface area contributed by atoms with Crippen molar-refractivity contribution in [2.45, 2.75) is 0 Å². The second-order valence-corrected chi connectivity index (χ2v) is 3.66. The van der Waals surface area contributed by atoms with Crippen molar-refractivity contribution < 1.29 is 4.39 Å². The van der Waals surface area contributed by atoms with Crippen LogP contribution in [-0.2, 0) is 0 Å². The Kier molecular flexibility index (Phi) is 2.60. The van der Waals surface area contributed by atoms with Gasteiger partial charge in [-0.15, -0.1) is 10.2 Å². The second-order valence-electron chi connectivity index (χ2n) is 3.66. The van der Waals surface area contributed by atoms with E-state index in [1.165, 1.54) is 23.0 Å². The van der Waals surface area contributed by atoms with Crippen molar-refractivity contribution in [1.82, 2.24) is 30.2 Å². The van der Waals surface area contributed by atoms with Crippen molar-refractivity contribution in [3.05, 3.63) is 53.0 Å². The van der Waals surface area contributed by atoms with Crippen LogP contribution in [0.25, 0.3) is 17.1 Å². The Morgan fingerprint density at radius 1 is 1.32 bits per heavy atom. The summed E-state index contributed by atoms with van der Waals surface area (Å²) >= 11 is 0. The van der Waals surface area contributed by atoms with E-state index in [1.807, 2.05) is 0 Å². The lowest BCUT2D eigenvalue weighted by Crippen LogP contribution is -2.21. The normalized spacial score (nSPS) is 10.6. The van der Waals surface area contributed by atoms with Gasteiger partial charge in [0.2, 0.25) is 5.82 Å². The predicted octanol–water partition coefficient (Wildman–Crippen LogP) is 0.552. The quantitative estimate of drug-likeness (QED) is 0.725. The molecule has 19 heavy (non-hydrogen) atoms. The molecule has 0 atom stereocenters. The van der Waals surface area contributed by atoms with Crippen LogP contribution in [0.5, 0.6) is 0 Å². The van der Waals surface area contributed by atoms with Gasteiger partial charge in [-0.1, -0.05) is 0 Å². The van der Waals surface area contributed by atoms with E-state index in [4.69, 9.17) is 0 Å². The molecule has 0 saturated carbocycles. The van der Waals surface area contributed by atoms with Crippen LogP contribution in [0.4, 0.5) is 4.39 Å². The zero-order valence-electron chi connectivity index (χ0n) is 9.49. The summed E-state index contributed by atoms with van der Waals surface area (Å²) < 4.78 is 15.0. The molecule has 0 radical (unpaired) electrons. The van der Waals surface area contributed by atoms with Gasteiger partial charge in [-0.2, -0.15) is 5.21 Å². The molecule has 1 N–H and O–H groups in total. The molecule has 0 aromatic carbocycles. The Balaban J connectivity index is 2.26. The molecule has 0 aliphatic carbocycles. The first kappa shape index (κ1) is 11.2. The molecule has 0 spiro atoms. The highest BCUT2D eigenvalue weighted by atomic mass is 19.1. The lowest BCUT2D eigenvalue weighted by atomic mass is 10.2. The second kappa shape index (κ2) is 4.41. The van der Waals surface area contributed by atoms with Crippen LogP contribution in [0.3, 0.4) is 0 Å². The van der Waals surface area contributed by atoms with Gasteiger partial charge in [0, 0.05) is 12.4 Å². The largest absolute Gasteiger partial charge is 0.282 e. The van der Waals surface area contributed by atoms with Crippen LogP contribution >= 0.6 is 0 Å². The van der Waals surface area contributed by atoms with Gasteiger partial charge in [-0.25, -0.2) is 4.39 Å². The van der Waals surface area contributed by atoms with Crippen LogP contribution < -0.4 is 5.56 Å². The summed E-state index contributed by atoms with van der Waals surface area (Å²) in [5.74, 6) is -0.785. The summed E-state index contributed by atoms with van der Waals surface area (Å²) in [6.07, 6.45) is 4.41. The number of rotatable bonds is 2. The zero-order valence-corrected chi connectivity index (χ0v) is 9.49. The third-order valence-electron chi connectivity index (χ3n) is 2.53. The maximum atomic E-state index is 13.8. The number of hydrogen-bond acceptors (Lipinski definition) is 5.